The summed E-state index contributed by atoms with van der Waals surface area (Å²) in [7, 11) is 1.60. The molecule has 146 valence electrons. The number of rotatable bonds is 7. The van der Waals surface area contributed by atoms with Gasteiger partial charge in [-0.05, 0) is 25.5 Å². The zero-order chi connectivity index (χ0) is 19.7. The van der Waals surface area contributed by atoms with Crippen molar-refractivity contribution in [2.75, 3.05) is 11.9 Å². The van der Waals surface area contributed by atoms with Crippen LogP contribution in [0.25, 0.3) is 0 Å². The molecule has 0 amide bonds. The maximum absolute atomic E-state index is 13.0. The number of aromatic nitrogens is 4. The van der Waals surface area contributed by atoms with Crippen molar-refractivity contribution in [2.24, 2.45) is 13.0 Å². The number of nitrogens with one attached hydrogen (secondary N) is 1. The summed E-state index contributed by atoms with van der Waals surface area (Å²) in [5, 5.41) is 8.29. The van der Waals surface area contributed by atoms with Gasteiger partial charge in [-0.1, -0.05) is 0 Å². The monoisotopic (exact) mass is 401 g/mol. The number of ether oxygens (including phenoxy) is 1. The second-order valence-corrected chi connectivity index (χ2v) is 8.16. The van der Waals surface area contributed by atoms with E-state index in [0.29, 0.717) is 30.6 Å². The fraction of sp³-hybridized carbons (Fsp3) is 0.368. The van der Waals surface area contributed by atoms with Crippen LogP contribution in [0, 0.1) is 18.7 Å². The highest BCUT2D eigenvalue weighted by Crippen LogP contribution is 2.46. The summed E-state index contributed by atoms with van der Waals surface area (Å²) in [6.07, 6.45) is 3.98. The minimum absolute atomic E-state index is 0.214. The van der Waals surface area contributed by atoms with E-state index in [2.05, 4.69) is 20.4 Å². The highest BCUT2D eigenvalue weighted by atomic mass is 32.1. The first kappa shape index (κ1) is 18.5. The van der Waals surface area contributed by atoms with Gasteiger partial charge in [0.15, 0.2) is 0 Å². The third-order valence-electron chi connectivity index (χ3n) is 4.66. The number of halogens is 1. The van der Waals surface area contributed by atoms with Gasteiger partial charge in [0.2, 0.25) is 5.88 Å². The molecule has 1 N–H and O–H groups in total. The van der Waals surface area contributed by atoms with E-state index < -0.39 is 0 Å². The van der Waals surface area contributed by atoms with E-state index in [9.17, 15) is 9.18 Å². The molecule has 0 aromatic carbocycles. The molecule has 3 aromatic rings. The van der Waals surface area contributed by atoms with Gasteiger partial charge in [0.05, 0.1) is 24.4 Å². The van der Waals surface area contributed by atoms with Crippen LogP contribution >= 0.6 is 11.3 Å². The topological polar surface area (TPSA) is 81.9 Å². The highest BCUT2D eigenvalue weighted by Gasteiger charge is 2.40. The third kappa shape index (κ3) is 4.19. The van der Waals surface area contributed by atoms with Crippen LogP contribution in [0.2, 0.25) is 0 Å². The Labute approximate surface area is 165 Å². The average Bonchev–Trinajstić information content (AvgIpc) is 3.34. The molecule has 2 unspecified atom stereocenters. The van der Waals surface area contributed by atoms with Crippen molar-refractivity contribution in [3.63, 3.8) is 0 Å². The third-order valence-corrected chi connectivity index (χ3v) is 5.57. The van der Waals surface area contributed by atoms with Crippen LogP contribution in [0.4, 0.5) is 10.1 Å². The van der Waals surface area contributed by atoms with E-state index in [4.69, 9.17) is 4.74 Å². The number of aryl methyl sites for hydroxylation is 2. The SMILES string of the molecule is Cc1ncc(CNc2cc(OCC3CC3c3ccc(F)cn3)nn(C)c2=O)s1. The van der Waals surface area contributed by atoms with Crippen molar-refractivity contribution in [3.05, 3.63) is 62.3 Å². The number of nitrogens with zero attached hydrogens (tertiary/aromatic N) is 4. The van der Waals surface area contributed by atoms with Gasteiger partial charge in [-0.2, -0.15) is 0 Å². The van der Waals surface area contributed by atoms with Gasteiger partial charge in [0, 0.05) is 41.7 Å². The quantitative estimate of drug-likeness (QED) is 0.656. The predicted molar refractivity (Wildman–Crippen MR) is 104 cm³/mol. The fourth-order valence-electron chi connectivity index (χ4n) is 3.04. The van der Waals surface area contributed by atoms with Crippen LogP contribution < -0.4 is 15.6 Å². The number of hydrogen-bond donors (Lipinski definition) is 1. The molecule has 28 heavy (non-hydrogen) atoms. The Morgan fingerprint density at radius 2 is 2.21 bits per heavy atom. The first-order valence-electron chi connectivity index (χ1n) is 8.97. The molecule has 0 radical (unpaired) electrons. The molecule has 3 aromatic heterocycles. The second-order valence-electron chi connectivity index (χ2n) is 6.84. The molecule has 0 spiro atoms. The van der Waals surface area contributed by atoms with E-state index in [1.807, 2.05) is 6.92 Å². The Kier molecular flexibility index (Phi) is 5.08. The molecule has 7 nitrogen and oxygen atoms in total. The lowest BCUT2D eigenvalue weighted by molar-refractivity contribution is 0.278. The summed E-state index contributed by atoms with van der Waals surface area (Å²) < 4.78 is 20.1. The van der Waals surface area contributed by atoms with E-state index in [-0.39, 0.29) is 17.3 Å². The van der Waals surface area contributed by atoms with Crippen molar-refractivity contribution < 1.29 is 9.13 Å². The molecule has 2 atom stereocenters. The van der Waals surface area contributed by atoms with Gasteiger partial charge < -0.3 is 10.1 Å². The van der Waals surface area contributed by atoms with Crippen LogP contribution in [0.5, 0.6) is 5.88 Å². The van der Waals surface area contributed by atoms with Crippen LogP contribution in [-0.2, 0) is 13.6 Å². The average molecular weight is 401 g/mol. The summed E-state index contributed by atoms with van der Waals surface area (Å²) in [5.74, 6) is 0.650. The zero-order valence-electron chi connectivity index (χ0n) is 15.6. The molecule has 9 heteroatoms. The molecule has 0 bridgehead atoms. The standard InChI is InChI=1S/C19H20FN5O2S/c1-11-21-8-14(28-11)9-23-17-6-18(24-25(2)19(17)26)27-10-12-5-15(12)16-4-3-13(20)7-22-16/h3-4,6-8,12,15,23H,5,9-10H2,1-2H3. The number of pyridine rings is 1. The Bertz CT molecular complexity index is 1030. The minimum atomic E-state index is -0.333. The Hall–Kier alpha value is -2.81. The van der Waals surface area contributed by atoms with Gasteiger partial charge in [-0.25, -0.2) is 14.1 Å². The maximum Gasteiger partial charge on any atom is 0.290 e. The summed E-state index contributed by atoms with van der Waals surface area (Å²) in [6.45, 7) is 2.94. The molecule has 4 rings (SSSR count). The first-order valence-corrected chi connectivity index (χ1v) is 9.79. The minimum Gasteiger partial charge on any atom is -0.476 e. The summed E-state index contributed by atoms with van der Waals surface area (Å²) >= 11 is 1.58. The van der Waals surface area contributed by atoms with E-state index in [1.165, 1.54) is 16.9 Å². The van der Waals surface area contributed by atoms with E-state index >= 15 is 0 Å². The molecule has 0 aliphatic heterocycles. The lowest BCUT2D eigenvalue weighted by Crippen LogP contribution is -2.24. The normalized spacial score (nSPS) is 18.1. The van der Waals surface area contributed by atoms with Gasteiger partial charge in [-0.3, -0.25) is 9.78 Å². The molecule has 0 saturated heterocycles. The van der Waals surface area contributed by atoms with E-state index in [1.54, 1.807) is 36.7 Å². The predicted octanol–water partition coefficient (Wildman–Crippen LogP) is 2.87. The Morgan fingerprint density at radius 3 is 2.93 bits per heavy atom. The Morgan fingerprint density at radius 1 is 1.36 bits per heavy atom. The van der Waals surface area contributed by atoms with Crippen molar-refractivity contribution >= 4 is 17.0 Å². The molecule has 1 saturated carbocycles. The summed E-state index contributed by atoms with van der Waals surface area (Å²) in [6, 6.07) is 4.77. The first-order chi connectivity index (χ1) is 13.5. The number of thiazole rings is 1. The lowest BCUT2D eigenvalue weighted by Gasteiger charge is -2.10. The van der Waals surface area contributed by atoms with Crippen LogP contribution in [0.3, 0.4) is 0 Å². The van der Waals surface area contributed by atoms with Crippen LogP contribution in [0.1, 0.15) is 27.9 Å². The lowest BCUT2D eigenvalue weighted by atomic mass is 10.2. The van der Waals surface area contributed by atoms with Crippen LogP contribution in [-0.4, -0.2) is 26.4 Å². The molecule has 1 aliphatic carbocycles. The van der Waals surface area contributed by atoms with Crippen molar-refractivity contribution in [1.82, 2.24) is 19.7 Å². The van der Waals surface area contributed by atoms with Crippen LogP contribution in [0.15, 0.2) is 35.4 Å². The Balaban J connectivity index is 1.37. The highest BCUT2D eigenvalue weighted by molar-refractivity contribution is 7.11. The second kappa shape index (κ2) is 7.67. The molecule has 3 heterocycles. The zero-order valence-corrected chi connectivity index (χ0v) is 16.4. The summed E-state index contributed by atoms with van der Waals surface area (Å²) in [5.41, 5.74) is 1.10. The van der Waals surface area contributed by atoms with Gasteiger partial charge in [0.1, 0.15) is 11.5 Å². The molecule has 1 aliphatic rings. The largest absolute Gasteiger partial charge is 0.476 e. The molecule has 1 fully saturated rings. The summed E-state index contributed by atoms with van der Waals surface area (Å²) in [4.78, 5) is 21.7. The van der Waals surface area contributed by atoms with E-state index in [0.717, 1.165) is 22.0 Å². The number of hydrogen-bond acceptors (Lipinski definition) is 7. The molecular weight excluding hydrogens is 381 g/mol. The van der Waals surface area contributed by atoms with Crippen molar-refractivity contribution in [3.8, 4) is 5.88 Å². The van der Waals surface area contributed by atoms with Gasteiger partial charge in [0.25, 0.3) is 5.56 Å². The number of anilines is 1. The van der Waals surface area contributed by atoms with Crippen molar-refractivity contribution in [2.45, 2.75) is 25.8 Å². The smallest absolute Gasteiger partial charge is 0.290 e. The maximum atomic E-state index is 13.0. The van der Waals surface area contributed by atoms with Crippen molar-refractivity contribution in [1.29, 1.82) is 0 Å². The van der Waals surface area contributed by atoms with Gasteiger partial charge in [-0.15, -0.1) is 16.4 Å². The molecular formula is C19H20FN5O2S. The fourth-order valence-corrected chi connectivity index (χ4v) is 3.78. The van der Waals surface area contributed by atoms with Gasteiger partial charge >= 0.3 is 0 Å².